The standard InChI is InChI=1S/C8H8O2.C8H10S2.C5H8/c2*1-3-5-7(9)6(4-2)8(5)10;1-3-5-4-2/h3-4,9H,1H2,2H3;3-5,7,9H,1H2,2H3;3-5H,1H2,2H3/p-2/b;6-4-;5-4+. The number of hydrogen-bond donors (Lipinski definition) is 0. The summed E-state index contributed by atoms with van der Waals surface area (Å²) in [6.45, 7) is 16.1. The fourth-order valence-corrected chi connectivity index (χ4v) is 3.27. The Kier molecular flexibility index (Phi) is 10.7. The maximum Gasteiger partial charge on any atom is 0.191 e. The molecule has 0 N–H and O–H groups in total. The zero-order valence-corrected chi connectivity index (χ0v) is 16.6. The fourth-order valence-electron chi connectivity index (χ4n) is 2.12. The minimum atomic E-state index is -0.178. The van der Waals surface area contributed by atoms with Gasteiger partial charge in [0, 0.05) is 16.0 Å². The van der Waals surface area contributed by atoms with Crippen LogP contribution in [-0.4, -0.2) is 15.9 Å². The van der Waals surface area contributed by atoms with E-state index in [9.17, 15) is 9.90 Å². The van der Waals surface area contributed by atoms with E-state index in [1.165, 1.54) is 12.2 Å². The van der Waals surface area contributed by atoms with Crippen molar-refractivity contribution in [1.82, 2.24) is 0 Å². The minimum Gasteiger partial charge on any atom is -0.871 e. The van der Waals surface area contributed by atoms with Crippen LogP contribution in [0.25, 0.3) is 0 Å². The molecule has 2 unspecified atom stereocenters. The summed E-state index contributed by atoms with van der Waals surface area (Å²) >= 11 is 10.3. The molecule has 4 heteroatoms. The monoisotopic (exact) mass is 372 g/mol. The predicted octanol–water partition coefficient (Wildman–Crippen LogP) is 4.10. The molecule has 0 aromatic carbocycles. The van der Waals surface area contributed by atoms with Gasteiger partial charge >= 0.3 is 0 Å². The summed E-state index contributed by atoms with van der Waals surface area (Å²) in [6, 6.07) is 0. The van der Waals surface area contributed by atoms with Crippen molar-refractivity contribution in [2.24, 2.45) is 5.92 Å². The van der Waals surface area contributed by atoms with Crippen LogP contribution in [0.15, 0.2) is 84.7 Å². The van der Waals surface area contributed by atoms with Crippen LogP contribution < -0.4 is 5.11 Å². The van der Waals surface area contributed by atoms with Gasteiger partial charge in [-0.15, -0.1) is 11.8 Å². The second-order valence-electron chi connectivity index (χ2n) is 5.03. The Balaban J connectivity index is 0.000000368. The molecule has 0 aromatic heterocycles. The van der Waals surface area contributed by atoms with Gasteiger partial charge in [0.2, 0.25) is 0 Å². The summed E-state index contributed by atoms with van der Waals surface area (Å²) in [5.41, 5.74) is 1.65. The van der Waals surface area contributed by atoms with Crippen LogP contribution in [0.3, 0.4) is 0 Å². The highest BCUT2D eigenvalue weighted by Gasteiger charge is 2.28. The van der Waals surface area contributed by atoms with E-state index in [4.69, 9.17) is 24.8 Å². The summed E-state index contributed by atoms with van der Waals surface area (Å²) in [6.07, 6.45) is 12.2. The normalized spacial score (nSPS) is 24.6. The van der Waals surface area contributed by atoms with E-state index in [1.54, 1.807) is 13.0 Å². The summed E-state index contributed by atoms with van der Waals surface area (Å²) in [7, 11) is 0. The third-order valence-corrected chi connectivity index (χ3v) is 4.64. The number of Topliss-reactive ketones (excluding diaryl/α,β-unsaturated/α-hetero) is 1. The van der Waals surface area contributed by atoms with Gasteiger partial charge in [0.1, 0.15) is 0 Å². The highest BCUT2D eigenvalue weighted by molar-refractivity contribution is 7.81. The van der Waals surface area contributed by atoms with Crippen LogP contribution in [0.1, 0.15) is 20.8 Å². The molecule has 134 valence electrons. The molecule has 0 spiro atoms. The van der Waals surface area contributed by atoms with Crippen LogP contribution in [0, 0.1) is 5.92 Å². The first-order chi connectivity index (χ1) is 11.9. The Morgan fingerprint density at radius 3 is 2.00 bits per heavy atom. The molecule has 2 aliphatic rings. The van der Waals surface area contributed by atoms with Crippen molar-refractivity contribution < 1.29 is 9.90 Å². The number of thiocarbonyl (C=S) groups is 1. The van der Waals surface area contributed by atoms with E-state index in [2.05, 4.69) is 19.7 Å². The van der Waals surface area contributed by atoms with Crippen LogP contribution in [0.2, 0.25) is 0 Å². The number of ketones is 1. The molecule has 0 bridgehead atoms. The minimum absolute atomic E-state index is 0.178. The van der Waals surface area contributed by atoms with Crippen molar-refractivity contribution in [2.45, 2.75) is 26.0 Å². The third-order valence-electron chi connectivity index (χ3n) is 3.58. The van der Waals surface area contributed by atoms with E-state index in [-0.39, 0.29) is 33.9 Å². The Morgan fingerprint density at radius 2 is 1.76 bits per heavy atom. The Bertz CT molecular complexity index is 676. The van der Waals surface area contributed by atoms with Gasteiger partial charge in [-0.2, -0.15) is 0 Å². The molecule has 2 nitrogen and oxygen atoms in total. The second-order valence-corrected chi connectivity index (χ2v) is 5.98. The molecule has 0 amide bonds. The number of carbonyl (C=O) groups excluding carboxylic acids is 1. The number of carbonyl (C=O) groups is 1. The van der Waals surface area contributed by atoms with Crippen molar-refractivity contribution >= 4 is 35.5 Å². The van der Waals surface area contributed by atoms with Crippen molar-refractivity contribution in [3.63, 3.8) is 0 Å². The van der Waals surface area contributed by atoms with Gasteiger partial charge in [-0.25, -0.2) is 0 Å². The van der Waals surface area contributed by atoms with E-state index >= 15 is 0 Å². The van der Waals surface area contributed by atoms with Gasteiger partial charge < -0.3 is 17.7 Å². The number of hydrogen-bond acceptors (Lipinski definition) is 4. The zero-order chi connectivity index (χ0) is 19.6. The van der Waals surface area contributed by atoms with Crippen LogP contribution in [0.4, 0.5) is 0 Å². The molecule has 25 heavy (non-hydrogen) atoms. The number of allylic oxidation sites excluding steroid dienone is 9. The molecule has 0 aliphatic heterocycles. The molecule has 1 fully saturated rings. The number of rotatable bonds is 3. The SMILES string of the molecule is C=C/C=C/C.C=CC1=C([O-])C(=CC)C1=O.C=CC1C(=S)/C(=C\C)C1[S-]. The molecule has 1 saturated carbocycles. The Labute approximate surface area is 162 Å². The molecule has 0 heterocycles. The van der Waals surface area contributed by atoms with E-state index in [1.807, 2.05) is 38.2 Å². The van der Waals surface area contributed by atoms with Crippen LogP contribution in [0.5, 0.6) is 0 Å². The maximum atomic E-state index is 10.8. The molecule has 2 atom stereocenters. The first-order valence-electron chi connectivity index (χ1n) is 7.83. The van der Waals surface area contributed by atoms with Gasteiger partial charge in [-0.3, -0.25) is 4.79 Å². The van der Waals surface area contributed by atoms with Gasteiger partial charge in [-0.05, 0) is 26.7 Å². The van der Waals surface area contributed by atoms with Gasteiger partial charge in [0.25, 0.3) is 0 Å². The van der Waals surface area contributed by atoms with Gasteiger partial charge in [0.05, 0.1) is 0 Å². The lowest BCUT2D eigenvalue weighted by Gasteiger charge is -2.44. The molecule has 2 aliphatic carbocycles. The van der Waals surface area contributed by atoms with Crippen molar-refractivity contribution in [2.75, 3.05) is 0 Å². The van der Waals surface area contributed by atoms with Gasteiger partial charge in [-0.1, -0.05) is 79.2 Å². The highest BCUT2D eigenvalue weighted by atomic mass is 32.1. The van der Waals surface area contributed by atoms with Crippen molar-refractivity contribution in [3.8, 4) is 0 Å². The quantitative estimate of drug-likeness (QED) is 0.246. The molecule has 0 radical (unpaired) electrons. The topological polar surface area (TPSA) is 40.1 Å². The van der Waals surface area contributed by atoms with Crippen molar-refractivity contribution in [1.29, 1.82) is 0 Å². The summed E-state index contributed by atoms with van der Waals surface area (Å²) < 4.78 is 0. The first-order valence-corrected chi connectivity index (χ1v) is 8.71. The Hall–Kier alpha value is -1.91. The van der Waals surface area contributed by atoms with Crippen LogP contribution >= 0.6 is 12.2 Å². The lowest BCUT2D eigenvalue weighted by Crippen LogP contribution is -2.40. The second kappa shape index (κ2) is 11.6. The third kappa shape index (κ3) is 5.55. The highest BCUT2D eigenvalue weighted by Crippen LogP contribution is 2.32. The summed E-state index contributed by atoms with van der Waals surface area (Å²) in [5, 5.41) is 11.0. The molecular weight excluding hydrogens is 348 g/mol. The fraction of sp³-hybridized carbons (Fsp3) is 0.238. The van der Waals surface area contributed by atoms with E-state index in [0.29, 0.717) is 0 Å². The smallest absolute Gasteiger partial charge is 0.191 e. The van der Waals surface area contributed by atoms with Crippen LogP contribution in [-0.2, 0) is 17.4 Å². The zero-order valence-electron chi connectivity index (χ0n) is 15.0. The Morgan fingerprint density at radius 1 is 1.16 bits per heavy atom. The molecule has 0 saturated heterocycles. The largest absolute Gasteiger partial charge is 0.871 e. The molecular formula is C21H24O2S2-2. The van der Waals surface area contributed by atoms with Crippen molar-refractivity contribution in [3.05, 3.63) is 84.7 Å². The summed E-state index contributed by atoms with van der Waals surface area (Å²) in [4.78, 5) is 11.8. The predicted molar refractivity (Wildman–Crippen MR) is 112 cm³/mol. The molecule has 0 aromatic rings. The first kappa shape index (κ1) is 23.1. The maximum absolute atomic E-state index is 10.8. The van der Waals surface area contributed by atoms with Gasteiger partial charge in [0.15, 0.2) is 5.78 Å². The van der Waals surface area contributed by atoms with E-state index < -0.39 is 0 Å². The van der Waals surface area contributed by atoms with E-state index in [0.717, 1.165) is 10.4 Å². The lowest BCUT2D eigenvalue weighted by atomic mass is 9.79. The average molecular weight is 373 g/mol. The summed E-state index contributed by atoms with van der Waals surface area (Å²) in [5.74, 6) is -0.0822. The molecule has 2 rings (SSSR count). The average Bonchev–Trinajstić information content (AvgIpc) is 2.59. The lowest BCUT2D eigenvalue weighted by molar-refractivity contribution is -0.300.